The van der Waals surface area contributed by atoms with Gasteiger partial charge in [-0.3, -0.25) is 15.1 Å². The molecule has 0 saturated heterocycles. The van der Waals surface area contributed by atoms with Gasteiger partial charge in [-0.1, -0.05) is 133 Å². The molecule has 4 nitrogen and oxygen atoms in total. The number of hydrogen-bond acceptors (Lipinski definition) is 2. The van der Waals surface area contributed by atoms with Crippen molar-refractivity contribution in [3.63, 3.8) is 0 Å². The molecule has 0 bridgehead atoms. The average Bonchev–Trinajstić information content (AvgIpc) is 3.82. The quantitative estimate of drug-likeness (QED) is 0.166. The van der Waals surface area contributed by atoms with Crippen molar-refractivity contribution in [3.05, 3.63) is 205 Å². The van der Waals surface area contributed by atoms with Gasteiger partial charge in [-0.2, -0.15) is 0 Å². The Morgan fingerprint density at radius 1 is 0.500 bits per heavy atom. The zero-order valence-electron chi connectivity index (χ0n) is 29.8. The number of benzene rings is 8. The molecule has 4 heteroatoms. The monoisotopic (exact) mass is 692 g/mol. The highest BCUT2D eigenvalue weighted by Crippen LogP contribution is 2.40. The largest absolute Gasteiger partial charge is 0.317 e. The first-order valence-corrected chi connectivity index (χ1v) is 18.4. The molecule has 8 aromatic carbocycles. The van der Waals surface area contributed by atoms with E-state index in [4.69, 9.17) is 4.99 Å². The second kappa shape index (κ2) is 13.1. The normalized spacial score (nSPS) is 11.9. The van der Waals surface area contributed by atoms with Gasteiger partial charge in [0, 0.05) is 51.6 Å². The van der Waals surface area contributed by atoms with Gasteiger partial charge in [0.2, 0.25) is 0 Å². The van der Waals surface area contributed by atoms with E-state index in [1.807, 2.05) is 7.05 Å². The summed E-state index contributed by atoms with van der Waals surface area (Å²) in [4.78, 5) is 5.00. The number of para-hydroxylation sites is 2. The molecule has 54 heavy (non-hydrogen) atoms. The molecule has 0 aliphatic heterocycles. The van der Waals surface area contributed by atoms with E-state index in [1.165, 1.54) is 43.6 Å². The zero-order valence-corrected chi connectivity index (χ0v) is 29.8. The average molecular weight is 693 g/mol. The molecule has 0 fully saturated rings. The maximum absolute atomic E-state index is 5.00. The van der Waals surface area contributed by atoms with E-state index in [0.29, 0.717) is 0 Å². The lowest BCUT2D eigenvalue weighted by Crippen LogP contribution is -2.14. The second-order valence-corrected chi connectivity index (χ2v) is 13.7. The lowest BCUT2D eigenvalue weighted by atomic mass is 9.92. The van der Waals surface area contributed by atoms with Gasteiger partial charge >= 0.3 is 0 Å². The second-order valence-electron chi connectivity index (χ2n) is 13.7. The van der Waals surface area contributed by atoms with Crippen molar-refractivity contribution in [1.82, 2.24) is 9.24 Å². The highest BCUT2D eigenvalue weighted by atomic mass is 15.4. The fraction of sp³-hybridized carbons (Fsp3) is 0.0200. The number of fused-ring (bicyclic) bond motifs is 7. The van der Waals surface area contributed by atoms with Crippen LogP contribution in [0.15, 0.2) is 199 Å². The van der Waals surface area contributed by atoms with Crippen molar-refractivity contribution in [3.8, 4) is 27.9 Å². The highest BCUT2D eigenvalue weighted by molar-refractivity contribution is 6.25. The molecule has 10 rings (SSSR count). The molecule has 0 radical (unpaired) electrons. The van der Waals surface area contributed by atoms with Crippen LogP contribution < -0.4 is 5.43 Å². The molecule has 2 aromatic heterocycles. The predicted molar refractivity (Wildman–Crippen MR) is 228 cm³/mol. The van der Waals surface area contributed by atoms with Crippen molar-refractivity contribution >= 4 is 54.9 Å². The number of anilines is 1. The standard InChI is InChI=1S/C50H36N4/c1-51-49(39-32-37(34-15-5-2-6-16-34)31-38(33-39)35-17-7-3-8-18-35)42-23-13-14-24-45(42)52-54-47-28-27-46-43(29-30-53(46)40-20-9-4-10-21-40)48(47)44-26-25-36-19-11-12-22-41(36)50(44)54/h2-33,52H,1H3. The van der Waals surface area contributed by atoms with E-state index >= 15 is 0 Å². The molecule has 256 valence electrons. The molecule has 0 unspecified atom stereocenters. The summed E-state index contributed by atoms with van der Waals surface area (Å²) in [7, 11) is 1.89. The van der Waals surface area contributed by atoms with Crippen LogP contribution in [0.1, 0.15) is 11.1 Å². The summed E-state index contributed by atoms with van der Waals surface area (Å²) in [5.41, 5.74) is 17.1. The third-order valence-electron chi connectivity index (χ3n) is 10.6. The van der Waals surface area contributed by atoms with Gasteiger partial charge < -0.3 is 4.57 Å². The van der Waals surface area contributed by atoms with Crippen LogP contribution in [0.2, 0.25) is 0 Å². The molecule has 2 heterocycles. The highest BCUT2D eigenvalue weighted by Gasteiger charge is 2.20. The predicted octanol–water partition coefficient (Wildman–Crippen LogP) is 12.6. The fourth-order valence-corrected chi connectivity index (χ4v) is 8.09. The van der Waals surface area contributed by atoms with E-state index < -0.39 is 0 Å². The summed E-state index contributed by atoms with van der Waals surface area (Å²) in [5.74, 6) is 0. The Kier molecular flexibility index (Phi) is 7.66. The molecular weight excluding hydrogens is 657 g/mol. The van der Waals surface area contributed by atoms with Crippen LogP contribution in [0.5, 0.6) is 0 Å². The third-order valence-corrected chi connectivity index (χ3v) is 10.6. The van der Waals surface area contributed by atoms with E-state index in [-0.39, 0.29) is 0 Å². The Balaban J connectivity index is 1.17. The van der Waals surface area contributed by atoms with Crippen molar-refractivity contribution in [2.45, 2.75) is 0 Å². The van der Waals surface area contributed by atoms with Crippen molar-refractivity contribution < 1.29 is 0 Å². The van der Waals surface area contributed by atoms with Gasteiger partial charge in [-0.05, 0) is 82.2 Å². The van der Waals surface area contributed by atoms with Crippen LogP contribution in [0.4, 0.5) is 5.69 Å². The molecule has 0 spiro atoms. The van der Waals surface area contributed by atoms with E-state index in [9.17, 15) is 0 Å². The topological polar surface area (TPSA) is 34.2 Å². The van der Waals surface area contributed by atoms with Gasteiger partial charge in [-0.25, -0.2) is 0 Å². The van der Waals surface area contributed by atoms with Crippen LogP contribution in [0.3, 0.4) is 0 Å². The number of aromatic nitrogens is 2. The van der Waals surface area contributed by atoms with Crippen LogP contribution in [-0.4, -0.2) is 22.0 Å². The Hall–Kier alpha value is -7.17. The zero-order chi connectivity index (χ0) is 36.0. The summed E-state index contributed by atoms with van der Waals surface area (Å²) in [6.07, 6.45) is 2.18. The van der Waals surface area contributed by atoms with Gasteiger partial charge in [0.1, 0.15) is 0 Å². The number of nitrogens with one attached hydrogen (secondary N) is 1. The summed E-state index contributed by atoms with van der Waals surface area (Å²) < 4.78 is 4.56. The van der Waals surface area contributed by atoms with Gasteiger partial charge in [-0.15, -0.1) is 0 Å². The summed E-state index contributed by atoms with van der Waals surface area (Å²) >= 11 is 0. The molecule has 0 amide bonds. The Morgan fingerprint density at radius 3 is 1.85 bits per heavy atom. The number of aliphatic imine (C=N–C) groups is 1. The third kappa shape index (κ3) is 5.27. The van der Waals surface area contributed by atoms with Gasteiger partial charge in [0.15, 0.2) is 0 Å². The van der Waals surface area contributed by atoms with Gasteiger partial charge in [0.25, 0.3) is 0 Å². The van der Waals surface area contributed by atoms with Crippen molar-refractivity contribution in [2.24, 2.45) is 4.99 Å². The molecule has 0 atom stereocenters. The summed E-state index contributed by atoms with van der Waals surface area (Å²) in [6, 6.07) is 67.0. The van der Waals surface area contributed by atoms with Gasteiger partial charge in [0.05, 0.1) is 27.9 Å². The fourth-order valence-electron chi connectivity index (χ4n) is 8.09. The molecule has 0 aliphatic carbocycles. The minimum atomic E-state index is 0.918. The number of hydrogen-bond donors (Lipinski definition) is 1. The van der Waals surface area contributed by atoms with Crippen LogP contribution in [0.25, 0.3) is 71.4 Å². The Labute approximate surface area is 313 Å². The van der Waals surface area contributed by atoms with E-state index in [0.717, 1.165) is 50.4 Å². The first-order chi connectivity index (χ1) is 26.7. The summed E-state index contributed by atoms with van der Waals surface area (Å²) in [6.45, 7) is 0. The van der Waals surface area contributed by atoms with Crippen LogP contribution in [0, 0.1) is 0 Å². The van der Waals surface area contributed by atoms with E-state index in [1.54, 1.807) is 0 Å². The molecule has 1 N–H and O–H groups in total. The molecule has 0 aliphatic rings. The number of nitrogens with zero attached hydrogens (tertiary/aromatic N) is 3. The number of rotatable bonds is 7. The van der Waals surface area contributed by atoms with E-state index in [2.05, 4.69) is 209 Å². The molecular formula is C50H36N4. The van der Waals surface area contributed by atoms with Crippen molar-refractivity contribution in [1.29, 1.82) is 0 Å². The first kappa shape index (κ1) is 31.6. The summed E-state index contributed by atoms with van der Waals surface area (Å²) in [5, 5.41) is 6.04. The Morgan fingerprint density at radius 2 is 1.13 bits per heavy atom. The molecule has 10 aromatic rings. The molecule has 0 saturated carbocycles. The minimum absolute atomic E-state index is 0.918. The van der Waals surface area contributed by atoms with Crippen LogP contribution >= 0.6 is 0 Å². The smallest absolute Gasteiger partial charge is 0.0788 e. The van der Waals surface area contributed by atoms with Crippen molar-refractivity contribution in [2.75, 3.05) is 12.5 Å². The van der Waals surface area contributed by atoms with Crippen LogP contribution in [-0.2, 0) is 0 Å². The maximum atomic E-state index is 5.00. The SMILES string of the molecule is CN=C(c1cc(-c2ccccc2)cc(-c2ccccc2)c1)c1ccccc1Nn1c2ccc3c(ccn3-c3ccccc3)c2c2ccc3ccccc3c21. The maximum Gasteiger partial charge on any atom is 0.0788 e. The lowest BCUT2D eigenvalue weighted by Gasteiger charge is -2.18. The minimum Gasteiger partial charge on any atom is -0.317 e. The Bertz CT molecular complexity index is 2950. The first-order valence-electron chi connectivity index (χ1n) is 18.4. The lowest BCUT2D eigenvalue weighted by molar-refractivity contribution is 1.06.